The molecule has 0 radical (unpaired) electrons. The van der Waals surface area contributed by atoms with E-state index in [1.165, 1.54) is 11.8 Å². The molecule has 0 unspecified atom stereocenters. The lowest BCUT2D eigenvalue weighted by Crippen LogP contribution is -2.07. The Morgan fingerprint density at radius 3 is 2.65 bits per heavy atom. The summed E-state index contributed by atoms with van der Waals surface area (Å²) in [5.74, 6) is -0.137. The number of benzene rings is 2. The van der Waals surface area contributed by atoms with Crippen LogP contribution in [0.15, 0.2) is 59.8 Å². The summed E-state index contributed by atoms with van der Waals surface area (Å²) >= 11 is 7.32. The predicted octanol–water partition coefficient (Wildman–Crippen LogP) is 4.12. The molecule has 0 aliphatic heterocycles. The molecule has 3 rings (SSSR count). The fourth-order valence-electron chi connectivity index (χ4n) is 1.96. The number of hydrogen-bond acceptors (Lipinski definition) is 5. The van der Waals surface area contributed by atoms with E-state index in [0.29, 0.717) is 10.0 Å². The molecular formula is C17H13ClN2O2S. The van der Waals surface area contributed by atoms with E-state index in [1.54, 1.807) is 12.3 Å². The van der Waals surface area contributed by atoms with Gasteiger partial charge in [0.25, 0.3) is 0 Å². The summed E-state index contributed by atoms with van der Waals surface area (Å²) < 4.78 is 5.23. The molecule has 1 aromatic heterocycles. The van der Waals surface area contributed by atoms with Gasteiger partial charge in [-0.15, -0.1) is 0 Å². The highest BCUT2D eigenvalue weighted by Crippen LogP contribution is 2.19. The molecule has 0 spiro atoms. The minimum atomic E-state index is -0.315. The molecule has 0 N–H and O–H groups in total. The highest BCUT2D eigenvalue weighted by Gasteiger charge is 2.08. The van der Waals surface area contributed by atoms with Crippen LogP contribution in [0, 0.1) is 0 Å². The number of rotatable bonds is 5. The lowest BCUT2D eigenvalue weighted by atomic mass is 10.2. The van der Waals surface area contributed by atoms with Crippen molar-refractivity contribution >= 4 is 40.4 Å². The average molecular weight is 345 g/mol. The van der Waals surface area contributed by atoms with Crippen LogP contribution >= 0.6 is 23.4 Å². The minimum absolute atomic E-state index is 0.169. The molecule has 0 bridgehead atoms. The maximum absolute atomic E-state index is 11.8. The van der Waals surface area contributed by atoms with E-state index in [0.717, 1.165) is 16.6 Å². The van der Waals surface area contributed by atoms with E-state index in [-0.39, 0.29) is 18.3 Å². The van der Waals surface area contributed by atoms with E-state index in [4.69, 9.17) is 16.3 Å². The van der Waals surface area contributed by atoms with E-state index in [2.05, 4.69) is 9.97 Å². The summed E-state index contributed by atoms with van der Waals surface area (Å²) in [4.78, 5) is 20.6. The number of fused-ring (bicyclic) bond motifs is 1. The second-order valence-corrected chi connectivity index (χ2v) is 6.14. The Labute approximate surface area is 142 Å². The van der Waals surface area contributed by atoms with Gasteiger partial charge in [-0.1, -0.05) is 53.7 Å². The number of esters is 1. The molecule has 4 nitrogen and oxygen atoms in total. The third-order valence-corrected chi connectivity index (χ3v) is 4.35. The van der Waals surface area contributed by atoms with Crippen molar-refractivity contribution in [3.05, 3.63) is 65.3 Å². The Bertz CT molecular complexity index is 841. The van der Waals surface area contributed by atoms with Gasteiger partial charge < -0.3 is 4.74 Å². The van der Waals surface area contributed by atoms with Gasteiger partial charge in [0.05, 0.1) is 23.0 Å². The SMILES string of the molecule is O=C(CSc1cnc2ccccc2n1)OCc1ccccc1Cl. The number of thioether (sulfide) groups is 1. The Hall–Kier alpha value is -2.11. The molecule has 6 heteroatoms. The third kappa shape index (κ3) is 4.21. The van der Waals surface area contributed by atoms with Crippen LogP contribution in [0.1, 0.15) is 5.56 Å². The first-order chi connectivity index (χ1) is 11.2. The maximum Gasteiger partial charge on any atom is 0.316 e. The van der Waals surface area contributed by atoms with Crippen molar-refractivity contribution in [3.63, 3.8) is 0 Å². The summed E-state index contributed by atoms with van der Waals surface area (Å²) in [6.07, 6.45) is 1.66. The van der Waals surface area contributed by atoms with Crippen molar-refractivity contribution in [2.75, 3.05) is 5.75 Å². The molecular weight excluding hydrogens is 332 g/mol. The Morgan fingerprint density at radius 1 is 1.09 bits per heavy atom. The van der Waals surface area contributed by atoms with E-state index in [9.17, 15) is 4.79 Å². The van der Waals surface area contributed by atoms with Crippen LogP contribution < -0.4 is 0 Å². The number of aromatic nitrogens is 2. The second kappa shape index (κ2) is 7.44. The van der Waals surface area contributed by atoms with Gasteiger partial charge in [0.2, 0.25) is 0 Å². The topological polar surface area (TPSA) is 52.1 Å². The predicted molar refractivity (Wildman–Crippen MR) is 91.5 cm³/mol. The van der Waals surface area contributed by atoms with Crippen molar-refractivity contribution < 1.29 is 9.53 Å². The molecule has 0 amide bonds. The highest BCUT2D eigenvalue weighted by molar-refractivity contribution is 7.99. The van der Waals surface area contributed by atoms with Gasteiger partial charge in [-0.05, 0) is 18.2 Å². The molecule has 0 fully saturated rings. The van der Waals surface area contributed by atoms with Crippen LogP contribution in [0.25, 0.3) is 11.0 Å². The Balaban J connectivity index is 1.54. The van der Waals surface area contributed by atoms with Gasteiger partial charge in [0.1, 0.15) is 11.6 Å². The summed E-state index contributed by atoms with van der Waals surface area (Å²) in [7, 11) is 0. The zero-order chi connectivity index (χ0) is 16.1. The van der Waals surface area contributed by atoms with Crippen LogP contribution in [0.5, 0.6) is 0 Å². The monoisotopic (exact) mass is 344 g/mol. The number of ether oxygens (including phenoxy) is 1. The second-order valence-electron chi connectivity index (χ2n) is 4.74. The number of carbonyl (C=O) groups is 1. The summed E-state index contributed by atoms with van der Waals surface area (Å²) in [5.41, 5.74) is 2.43. The largest absolute Gasteiger partial charge is 0.460 e. The van der Waals surface area contributed by atoms with E-state index < -0.39 is 0 Å². The molecule has 0 atom stereocenters. The molecule has 0 saturated carbocycles. The van der Waals surface area contributed by atoms with Crippen molar-refractivity contribution in [1.82, 2.24) is 9.97 Å². The number of nitrogens with zero attached hydrogens (tertiary/aromatic N) is 2. The van der Waals surface area contributed by atoms with Gasteiger partial charge in [-0.2, -0.15) is 0 Å². The average Bonchev–Trinajstić information content (AvgIpc) is 2.59. The van der Waals surface area contributed by atoms with Gasteiger partial charge in [0, 0.05) is 10.6 Å². The number of halogens is 1. The van der Waals surface area contributed by atoms with Crippen LogP contribution in [0.2, 0.25) is 5.02 Å². The van der Waals surface area contributed by atoms with Gasteiger partial charge in [-0.3, -0.25) is 9.78 Å². The van der Waals surface area contributed by atoms with Crippen molar-refractivity contribution in [2.45, 2.75) is 11.6 Å². The Morgan fingerprint density at radius 2 is 1.83 bits per heavy atom. The minimum Gasteiger partial charge on any atom is -0.460 e. The van der Waals surface area contributed by atoms with Crippen LogP contribution in [-0.2, 0) is 16.1 Å². The Kier molecular flexibility index (Phi) is 5.10. The first-order valence-electron chi connectivity index (χ1n) is 6.96. The lowest BCUT2D eigenvalue weighted by Gasteiger charge is -2.06. The molecule has 0 aliphatic rings. The lowest BCUT2D eigenvalue weighted by molar-refractivity contribution is -0.141. The first kappa shape index (κ1) is 15.8. The first-order valence-corrected chi connectivity index (χ1v) is 8.32. The smallest absolute Gasteiger partial charge is 0.316 e. The summed E-state index contributed by atoms with van der Waals surface area (Å²) in [6, 6.07) is 14.9. The van der Waals surface area contributed by atoms with Crippen LogP contribution in [-0.4, -0.2) is 21.7 Å². The fraction of sp³-hybridized carbons (Fsp3) is 0.118. The molecule has 23 heavy (non-hydrogen) atoms. The molecule has 0 saturated heterocycles. The van der Waals surface area contributed by atoms with Gasteiger partial charge in [0.15, 0.2) is 0 Å². The summed E-state index contributed by atoms with van der Waals surface area (Å²) in [5, 5.41) is 1.28. The zero-order valence-corrected chi connectivity index (χ0v) is 13.7. The molecule has 116 valence electrons. The molecule has 0 aliphatic carbocycles. The van der Waals surface area contributed by atoms with Crippen LogP contribution in [0.3, 0.4) is 0 Å². The fourth-order valence-corrected chi connectivity index (χ4v) is 2.79. The summed E-state index contributed by atoms with van der Waals surface area (Å²) in [6.45, 7) is 0.169. The van der Waals surface area contributed by atoms with E-state index >= 15 is 0 Å². The van der Waals surface area contributed by atoms with Crippen molar-refractivity contribution in [1.29, 1.82) is 0 Å². The van der Waals surface area contributed by atoms with E-state index in [1.807, 2.05) is 42.5 Å². The third-order valence-electron chi connectivity index (χ3n) is 3.11. The number of para-hydroxylation sites is 2. The number of carbonyl (C=O) groups excluding carboxylic acids is 1. The van der Waals surface area contributed by atoms with Crippen molar-refractivity contribution in [3.8, 4) is 0 Å². The van der Waals surface area contributed by atoms with Crippen LogP contribution in [0.4, 0.5) is 0 Å². The highest BCUT2D eigenvalue weighted by atomic mass is 35.5. The van der Waals surface area contributed by atoms with Gasteiger partial charge in [-0.25, -0.2) is 4.98 Å². The molecule has 3 aromatic rings. The molecule has 1 heterocycles. The normalized spacial score (nSPS) is 10.7. The van der Waals surface area contributed by atoms with Gasteiger partial charge >= 0.3 is 5.97 Å². The zero-order valence-electron chi connectivity index (χ0n) is 12.1. The van der Waals surface area contributed by atoms with Crippen molar-refractivity contribution in [2.24, 2.45) is 0 Å². The standard InChI is InChI=1S/C17H13ClN2O2S/c18-13-6-2-1-5-12(13)10-22-17(21)11-23-16-9-19-14-7-3-4-8-15(14)20-16/h1-9H,10-11H2. The number of hydrogen-bond donors (Lipinski definition) is 0. The quantitative estimate of drug-likeness (QED) is 0.514. The maximum atomic E-state index is 11.8. The molecule has 2 aromatic carbocycles.